The molecule has 9 nitrogen and oxygen atoms in total. The Bertz CT molecular complexity index is 1050. The lowest BCUT2D eigenvalue weighted by atomic mass is 10.3. The average molecular weight is 360 g/mol. The molecule has 0 bridgehead atoms. The highest BCUT2D eigenvalue weighted by molar-refractivity contribution is 7.14. The van der Waals surface area contributed by atoms with Crippen LogP contribution in [0.3, 0.4) is 0 Å². The van der Waals surface area contributed by atoms with Gasteiger partial charge < -0.3 is 15.8 Å². The highest BCUT2D eigenvalue weighted by atomic mass is 32.1. The fraction of sp³-hybridized carbons (Fsp3) is 0.333. The summed E-state index contributed by atoms with van der Waals surface area (Å²) in [5.41, 5.74) is 6.98. The molecular weight excluding hydrogens is 344 g/mol. The van der Waals surface area contributed by atoms with Gasteiger partial charge in [-0.15, -0.1) is 11.3 Å². The third kappa shape index (κ3) is 2.50. The molecule has 1 aliphatic heterocycles. The fourth-order valence-corrected chi connectivity index (χ4v) is 3.56. The number of nitrogens with two attached hydrogens (primary N) is 1. The molecule has 3 aromatic heterocycles. The van der Waals surface area contributed by atoms with Crippen LogP contribution in [0.5, 0.6) is 0 Å². The second kappa shape index (κ2) is 5.67. The van der Waals surface area contributed by atoms with Crippen LogP contribution < -0.4 is 16.7 Å². The van der Waals surface area contributed by atoms with Crippen molar-refractivity contribution >= 4 is 40.0 Å². The number of nitrogens with one attached hydrogen (secondary N) is 1. The van der Waals surface area contributed by atoms with Crippen molar-refractivity contribution in [2.24, 2.45) is 12.8 Å². The minimum atomic E-state index is -0.475. The van der Waals surface area contributed by atoms with Gasteiger partial charge in [0.25, 0.3) is 5.91 Å². The zero-order valence-electron chi connectivity index (χ0n) is 13.6. The molecule has 4 rings (SSSR count). The third-order valence-electron chi connectivity index (χ3n) is 4.20. The Morgan fingerprint density at radius 3 is 2.88 bits per heavy atom. The average Bonchev–Trinajstić information content (AvgIpc) is 3.00. The molecule has 0 aliphatic carbocycles. The molecule has 0 saturated carbocycles. The van der Waals surface area contributed by atoms with Crippen molar-refractivity contribution < 1.29 is 9.53 Å². The number of fused-ring (bicyclic) bond motifs is 1. The Labute approximate surface area is 146 Å². The summed E-state index contributed by atoms with van der Waals surface area (Å²) in [6.07, 6.45) is 2.08. The summed E-state index contributed by atoms with van der Waals surface area (Å²) in [5, 5.41) is 3.09. The lowest BCUT2D eigenvalue weighted by Gasteiger charge is -2.26. The zero-order chi connectivity index (χ0) is 17.7. The smallest absolute Gasteiger partial charge is 0.332 e. The first-order valence-corrected chi connectivity index (χ1v) is 8.50. The number of anilines is 2. The molecule has 10 heteroatoms. The standard InChI is InChI=1S/C15H16N6O3S/c1-7-8(5-10(25-7)12(16)22)18-14-17-6-9-13(19-14)21(11-3-4-24-11)15(23)20(9)2/h5-6,11H,3-4H2,1-2H3,(H2,16,22)(H,17,18,19). The second-order valence-electron chi connectivity index (χ2n) is 5.80. The first kappa shape index (κ1) is 15.8. The number of primary amides is 1. The van der Waals surface area contributed by atoms with Crippen LogP contribution in [0, 0.1) is 6.92 Å². The Kier molecular flexibility index (Phi) is 3.58. The SMILES string of the molecule is Cc1sc(C(N)=O)cc1Nc1ncc2c(n1)n(C1CCO1)c(=O)n2C. The number of carbonyl (C=O) groups excluding carboxylic acids is 1. The molecule has 1 atom stereocenters. The number of hydrogen-bond donors (Lipinski definition) is 2. The van der Waals surface area contributed by atoms with Crippen LogP contribution in [0.2, 0.25) is 0 Å². The number of carbonyl (C=O) groups is 1. The molecule has 1 saturated heterocycles. The maximum absolute atomic E-state index is 12.4. The van der Waals surface area contributed by atoms with Crippen molar-refractivity contribution in [3.63, 3.8) is 0 Å². The van der Waals surface area contributed by atoms with Gasteiger partial charge in [-0.25, -0.2) is 14.3 Å². The van der Waals surface area contributed by atoms with E-state index in [1.165, 1.54) is 15.9 Å². The Balaban J connectivity index is 1.76. The molecule has 1 amide bonds. The number of ether oxygens (including phenoxy) is 1. The molecular formula is C15H16N6O3S. The predicted molar refractivity (Wildman–Crippen MR) is 93.2 cm³/mol. The highest BCUT2D eigenvalue weighted by Gasteiger charge is 2.26. The van der Waals surface area contributed by atoms with E-state index in [-0.39, 0.29) is 11.9 Å². The van der Waals surface area contributed by atoms with E-state index >= 15 is 0 Å². The monoisotopic (exact) mass is 360 g/mol. The topological polar surface area (TPSA) is 117 Å². The summed E-state index contributed by atoms with van der Waals surface area (Å²) in [6.45, 7) is 2.51. The zero-order valence-corrected chi connectivity index (χ0v) is 14.5. The number of imidazole rings is 1. The summed E-state index contributed by atoms with van der Waals surface area (Å²) in [6, 6.07) is 1.67. The summed E-state index contributed by atoms with van der Waals surface area (Å²) in [4.78, 5) is 33.8. The van der Waals surface area contributed by atoms with Gasteiger partial charge in [-0.3, -0.25) is 9.36 Å². The van der Waals surface area contributed by atoms with E-state index in [4.69, 9.17) is 10.5 Å². The van der Waals surface area contributed by atoms with Gasteiger partial charge in [0.15, 0.2) is 5.65 Å². The van der Waals surface area contributed by atoms with Crippen molar-refractivity contribution in [1.82, 2.24) is 19.1 Å². The van der Waals surface area contributed by atoms with Crippen LogP contribution in [-0.4, -0.2) is 31.6 Å². The minimum absolute atomic E-state index is 0.186. The molecule has 0 radical (unpaired) electrons. The van der Waals surface area contributed by atoms with Crippen LogP contribution in [-0.2, 0) is 11.8 Å². The number of hydrogen-bond acceptors (Lipinski definition) is 7. The third-order valence-corrected chi connectivity index (χ3v) is 5.27. The van der Waals surface area contributed by atoms with Gasteiger partial charge in [0.2, 0.25) is 5.95 Å². The lowest BCUT2D eigenvalue weighted by molar-refractivity contribution is -0.0993. The Hall–Kier alpha value is -2.72. The quantitative estimate of drug-likeness (QED) is 0.723. The molecule has 3 N–H and O–H groups in total. The van der Waals surface area contributed by atoms with E-state index in [0.29, 0.717) is 34.3 Å². The van der Waals surface area contributed by atoms with Gasteiger partial charge in [0.1, 0.15) is 11.7 Å². The van der Waals surface area contributed by atoms with Crippen molar-refractivity contribution in [3.05, 3.63) is 32.5 Å². The van der Waals surface area contributed by atoms with Crippen molar-refractivity contribution in [3.8, 4) is 0 Å². The number of aryl methyl sites for hydroxylation is 2. The van der Waals surface area contributed by atoms with Crippen molar-refractivity contribution in [2.45, 2.75) is 19.6 Å². The van der Waals surface area contributed by atoms with E-state index in [1.54, 1.807) is 23.9 Å². The van der Waals surface area contributed by atoms with Crippen LogP contribution >= 0.6 is 11.3 Å². The normalized spacial score (nSPS) is 16.8. The summed E-state index contributed by atoms with van der Waals surface area (Å²) >= 11 is 1.30. The first-order valence-electron chi connectivity index (χ1n) is 7.68. The van der Waals surface area contributed by atoms with E-state index < -0.39 is 5.91 Å². The first-order chi connectivity index (χ1) is 12.0. The Morgan fingerprint density at radius 1 is 1.52 bits per heavy atom. The lowest BCUT2D eigenvalue weighted by Crippen LogP contribution is -2.33. The van der Waals surface area contributed by atoms with Gasteiger partial charge in [-0.05, 0) is 13.0 Å². The van der Waals surface area contributed by atoms with Crippen molar-refractivity contribution in [1.29, 1.82) is 0 Å². The van der Waals surface area contributed by atoms with Crippen LogP contribution in [0.15, 0.2) is 17.1 Å². The number of amides is 1. The number of nitrogens with zero attached hydrogens (tertiary/aromatic N) is 4. The molecule has 0 aromatic carbocycles. The van der Waals surface area contributed by atoms with Gasteiger partial charge >= 0.3 is 5.69 Å². The molecule has 1 fully saturated rings. The van der Waals surface area contributed by atoms with Gasteiger partial charge in [-0.1, -0.05) is 0 Å². The number of thiophene rings is 1. The van der Waals surface area contributed by atoms with Crippen LogP contribution in [0.25, 0.3) is 11.2 Å². The second-order valence-corrected chi connectivity index (χ2v) is 7.05. The van der Waals surface area contributed by atoms with E-state index in [0.717, 1.165) is 11.3 Å². The maximum atomic E-state index is 12.4. The molecule has 130 valence electrons. The van der Waals surface area contributed by atoms with Gasteiger partial charge in [0.05, 0.1) is 23.4 Å². The van der Waals surface area contributed by atoms with Gasteiger partial charge in [0, 0.05) is 18.3 Å². The minimum Gasteiger partial charge on any atom is -0.365 e. The fourth-order valence-electron chi connectivity index (χ4n) is 2.73. The van der Waals surface area contributed by atoms with Gasteiger partial charge in [-0.2, -0.15) is 4.98 Å². The molecule has 4 heterocycles. The molecule has 1 aliphatic rings. The largest absolute Gasteiger partial charge is 0.365 e. The molecule has 1 unspecified atom stereocenters. The van der Waals surface area contributed by atoms with Crippen LogP contribution in [0.4, 0.5) is 11.6 Å². The van der Waals surface area contributed by atoms with Crippen LogP contribution in [0.1, 0.15) is 27.2 Å². The predicted octanol–water partition coefficient (Wildman–Crippen LogP) is 1.26. The van der Waals surface area contributed by atoms with E-state index in [1.807, 2.05) is 6.92 Å². The van der Waals surface area contributed by atoms with E-state index in [2.05, 4.69) is 15.3 Å². The number of aromatic nitrogens is 4. The maximum Gasteiger partial charge on any atom is 0.332 e. The summed E-state index contributed by atoms with van der Waals surface area (Å²) in [5.74, 6) is -0.139. The number of rotatable bonds is 4. The molecule has 0 spiro atoms. The summed E-state index contributed by atoms with van der Waals surface area (Å²) < 4.78 is 8.49. The van der Waals surface area contributed by atoms with E-state index in [9.17, 15) is 9.59 Å². The molecule has 25 heavy (non-hydrogen) atoms. The van der Waals surface area contributed by atoms with Crippen molar-refractivity contribution in [2.75, 3.05) is 11.9 Å². The Morgan fingerprint density at radius 2 is 2.28 bits per heavy atom. The highest BCUT2D eigenvalue weighted by Crippen LogP contribution is 2.29. The summed E-state index contributed by atoms with van der Waals surface area (Å²) in [7, 11) is 1.68. The molecule has 3 aromatic rings.